The minimum Gasteiger partial charge on any atom is -0.348 e. The number of nitrogens with one attached hydrogen (secondary N) is 1. The Balaban J connectivity index is 2.03. The molecule has 4 aromatic carbocycles. The van der Waals surface area contributed by atoms with E-state index in [1.54, 1.807) is 0 Å². The molecule has 158 valence electrons. The maximum atomic E-state index is 11.8. The second kappa shape index (κ2) is 10.1. The molecule has 4 rings (SSSR count). The maximum absolute atomic E-state index is 11.8. The molecule has 3 nitrogen and oxygen atoms in total. The van der Waals surface area contributed by atoms with Gasteiger partial charge >= 0.3 is 0 Å². The van der Waals surface area contributed by atoms with E-state index in [0.29, 0.717) is 6.54 Å². The first-order chi connectivity index (χ1) is 15.7. The fourth-order valence-corrected chi connectivity index (χ4v) is 7.30. The molecule has 1 amide bonds. The van der Waals surface area contributed by atoms with Crippen molar-refractivity contribution < 1.29 is 4.79 Å². The minimum absolute atomic E-state index is 0.199. The first kappa shape index (κ1) is 21.5. The minimum atomic E-state index is -2.36. The van der Waals surface area contributed by atoms with Gasteiger partial charge < -0.3 is 5.32 Å². The summed E-state index contributed by atoms with van der Waals surface area (Å²) in [5, 5.41) is 6.44. The normalized spacial score (nSPS) is 10.9. The Morgan fingerprint density at radius 3 is 1.62 bits per heavy atom. The molecule has 0 atom stereocenters. The van der Waals surface area contributed by atoms with E-state index in [0.717, 1.165) is 11.3 Å². The monoisotopic (exact) mass is 436 g/mol. The van der Waals surface area contributed by atoms with Crippen molar-refractivity contribution in [3.63, 3.8) is 0 Å². The summed E-state index contributed by atoms with van der Waals surface area (Å²) in [7, 11) is -2.36. The number of amides is 1. The van der Waals surface area contributed by atoms with Crippen molar-refractivity contribution in [1.82, 2.24) is 5.32 Å². The first-order valence-corrected chi connectivity index (χ1v) is 12.3. The molecule has 0 aliphatic heterocycles. The van der Waals surface area contributed by atoms with Gasteiger partial charge in [0.2, 0.25) is 5.91 Å². The van der Waals surface area contributed by atoms with Crippen molar-refractivity contribution in [2.75, 3.05) is 0 Å². The van der Waals surface area contributed by atoms with Gasteiger partial charge in [-0.25, -0.2) is 0 Å². The molecule has 0 radical (unpaired) electrons. The SMILES string of the molecule is C=CC(=O)NCc1ccccc1N=P(c1ccccc1)(c1ccccc1)c1ccccc1. The summed E-state index contributed by atoms with van der Waals surface area (Å²) in [5.74, 6) is -0.199. The molecule has 0 heterocycles. The standard InChI is InChI=1S/C28H25N2OP/c1-2-28(31)29-22-23-14-12-13-21-27(23)30-32(24-15-6-3-7-16-24,25-17-8-4-9-18-25)26-19-10-5-11-20-26/h2-21H,1,22H2,(H,29,31). The number of nitrogens with zero attached hydrogens (tertiary/aromatic N) is 1. The maximum Gasteiger partial charge on any atom is 0.243 e. The van der Waals surface area contributed by atoms with E-state index in [-0.39, 0.29) is 5.91 Å². The molecule has 0 aromatic heterocycles. The van der Waals surface area contributed by atoms with E-state index < -0.39 is 7.05 Å². The van der Waals surface area contributed by atoms with Crippen LogP contribution in [0.3, 0.4) is 0 Å². The van der Waals surface area contributed by atoms with Crippen LogP contribution in [0, 0.1) is 0 Å². The zero-order chi connectivity index (χ0) is 22.2. The highest BCUT2D eigenvalue weighted by molar-refractivity contribution is 7.87. The molecular formula is C28H25N2OP. The highest BCUT2D eigenvalue weighted by Crippen LogP contribution is 2.49. The van der Waals surface area contributed by atoms with Crippen LogP contribution in [0.25, 0.3) is 0 Å². The fourth-order valence-electron chi connectivity index (χ4n) is 3.73. The summed E-state index contributed by atoms with van der Waals surface area (Å²) in [6.45, 7) is 3.94. The molecule has 4 aromatic rings. The van der Waals surface area contributed by atoms with Crippen molar-refractivity contribution in [2.24, 2.45) is 4.74 Å². The molecule has 0 aliphatic carbocycles. The molecular weight excluding hydrogens is 411 g/mol. The average molecular weight is 436 g/mol. The third-order valence-electron chi connectivity index (χ3n) is 5.28. The van der Waals surface area contributed by atoms with E-state index in [1.165, 1.54) is 22.0 Å². The third kappa shape index (κ3) is 4.49. The van der Waals surface area contributed by atoms with Crippen LogP contribution >= 0.6 is 7.05 Å². The van der Waals surface area contributed by atoms with Gasteiger partial charge in [-0.1, -0.05) is 116 Å². The van der Waals surface area contributed by atoms with Crippen molar-refractivity contribution in [1.29, 1.82) is 0 Å². The van der Waals surface area contributed by atoms with Gasteiger partial charge in [-0.2, -0.15) is 0 Å². The van der Waals surface area contributed by atoms with Crippen LogP contribution in [0.2, 0.25) is 0 Å². The molecule has 0 saturated carbocycles. The largest absolute Gasteiger partial charge is 0.348 e. The van der Waals surface area contributed by atoms with Gasteiger partial charge in [0.25, 0.3) is 0 Å². The summed E-state index contributed by atoms with van der Waals surface area (Å²) in [5.41, 5.74) is 1.84. The number of benzene rings is 4. The van der Waals surface area contributed by atoms with Crippen LogP contribution in [0.1, 0.15) is 5.56 Å². The summed E-state index contributed by atoms with van der Waals surface area (Å²) in [4.78, 5) is 11.8. The van der Waals surface area contributed by atoms with E-state index in [9.17, 15) is 4.79 Å². The van der Waals surface area contributed by atoms with Crippen LogP contribution in [-0.4, -0.2) is 5.91 Å². The van der Waals surface area contributed by atoms with Crippen LogP contribution in [-0.2, 0) is 11.3 Å². The fraction of sp³-hybridized carbons (Fsp3) is 0.0357. The Hall–Kier alpha value is -3.68. The highest BCUT2D eigenvalue weighted by Gasteiger charge is 2.27. The Bertz CT molecular complexity index is 1150. The number of carbonyl (C=O) groups is 1. The predicted molar refractivity (Wildman–Crippen MR) is 136 cm³/mol. The zero-order valence-electron chi connectivity index (χ0n) is 17.8. The van der Waals surface area contributed by atoms with E-state index >= 15 is 0 Å². The molecule has 0 bridgehead atoms. The second-order valence-electron chi connectivity index (χ2n) is 7.29. The highest BCUT2D eigenvalue weighted by atomic mass is 31.2. The quantitative estimate of drug-likeness (QED) is 0.310. The van der Waals surface area contributed by atoms with Gasteiger partial charge in [0, 0.05) is 22.5 Å². The van der Waals surface area contributed by atoms with Crippen molar-refractivity contribution in [3.05, 3.63) is 133 Å². The third-order valence-corrected chi connectivity index (χ3v) is 8.93. The predicted octanol–water partition coefficient (Wildman–Crippen LogP) is 5.30. The van der Waals surface area contributed by atoms with E-state index in [1.807, 2.05) is 42.5 Å². The summed E-state index contributed by atoms with van der Waals surface area (Å²) in [6.07, 6.45) is 1.29. The molecule has 32 heavy (non-hydrogen) atoms. The van der Waals surface area contributed by atoms with Crippen LogP contribution < -0.4 is 21.2 Å². The Kier molecular flexibility index (Phi) is 6.79. The van der Waals surface area contributed by atoms with Crippen LogP contribution in [0.15, 0.2) is 133 Å². The number of carbonyl (C=O) groups excluding carboxylic acids is 1. The van der Waals surface area contributed by atoms with Gasteiger partial charge in [-0.15, -0.1) is 0 Å². The summed E-state index contributed by atoms with van der Waals surface area (Å²) in [6, 6.07) is 39.5. The summed E-state index contributed by atoms with van der Waals surface area (Å²) < 4.78 is 5.54. The van der Waals surface area contributed by atoms with Gasteiger partial charge in [0.1, 0.15) is 0 Å². The van der Waals surface area contributed by atoms with Gasteiger partial charge in [0.15, 0.2) is 0 Å². The van der Waals surface area contributed by atoms with Crippen LogP contribution in [0.4, 0.5) is 5.69 Å². The first-order valence-electron chi connectivity index (χ1n) is 10.5. The Morgan fingerprint density at radius 2 is 1.16 bits per heavy atom. The van der Waals surface area contributed by atoms with Crippen molar-refractivity contribution >= 4 is 34.6 Å². The number of hydrogen-bond donors (Lipinski definition) is 1. The van der Waals surface area contributed by atoms with E-state index in [4.69, 9.17) is 4.74 Å². The molecule has 0 spiro atoms. The lowest BCUT2D eigenvalue weighted by molar-refractivity contribution is -0.116. The average Bonchev–Trinajstić information content (AvgIpc) is 2.88. The lowest BCUT2D eigenvalue weighted by Crippen LogP contribution is -2.25. The molecule has 0 saturated heterocycles. The van der Waals surface area contributed by atoms with E-state index in [2.05, 4.69) is 84.7 Å². The lowest BCUT2D eigenvalue weighted by atomic mass is 10.2. The molecule has 0 aliphatic rings. The number of hydrogen-bond acceptors (Lipinski definition) is 2. The van der Waals surface area contributed by atoms with Crippen molar-refractivity contribution in [2.45, 2.75) is 6.54 Å². The second-order valence-corrected chi connectivity index (χ2v) is 10.3. The van der Waals surface area contributed by atoms with Gasteiger partial charge in [-0.05, 0) is 17.7 Å². The smallest absolute Gasteiger partial charge is 0.243 e. The molecule has 0 fully saturated rings. The topological polar surface area (TPSA) is 41.5 Å². The molecule has 0 unspecified atom stereocenters. The van der Waals surface area contributed by atoms with Crippen molar-refractivity contribution in [3.8, 4) is 0 Å². The van der Waals surface area contributed by atoms with Gasteiger partial charge in [-0.3, -0.25) is 9.54 Å². The number of rotatable bonds is 7. The van der Waals surface area contributed by atoms with Gasteiger partial charge in [0.05, 0.1) is 12.7 Å². The Labute approximate surface area is 189 Å². The Morgan fingerprint density at radius 1 is 0.719 bits per heavy atom. The molecule has 4 heteroatoms. The van der Waals surface area contributed by atoms with Crippen LogP contribution in [0.5, 0.6) is 0 Å². The molecule has 1 N–H and O–H groups in total. The summed E-state index contributed by atoms with van der Waals surface area (Å²) >= 11 is 0. The zero-order valence-corrected chi connectivity index (χ0v) is 18.7. The lowest BCUT2D eigenvalue weighted by Gasteiger charge is -2.27.